The molecule has 0 saturated heterocycles. The van der Waals surface area contributed by atoms with E-state index in [4.69, 9.17) is 0 Å². The van der Waals surface area contributed by atoms with Crippen molar-refractivity contribution in [3.63, 3.8) is 0 Å². The topological polar surface area (TPSA) is 20.2 Å². The highest BCUT2D eigenvalue weighted by Gasteiger charge is 2.55. The highest BCUT2D eigenvalue weighted by atomic mass is 16.3. The van der Waals surface area contributed by atoms with Gasteiger partial charge in [0.2, 0.25) is 0 Å². The Morgan fingerprint density at radius 2 is 1.73 bits per heavy atom. The molecule has 0 aromatic heterocycles. The maximum atomic E-state index is 10.5. The van der Waals surface area contributed by atoms with Crippen molar-refractivity contribution in [2.75, 3.05) is 0 Å². The minimum atomic E-state index is -0.372. The summed E-state index contributed by atoms with van der Waals surface area (Å²) in [6.45, 7) is 6.91. The predicted molar refractivity (Wildman–Crippen MR) is 91.5 cm³/mol. The van der Waals surface area contributed by atoms with Crippen LogP contribution in [0.2, 0.25) is 0 Å². The molecule has 0 aromatic carbocycles. The highest BCUT2D eigenvalue weighted by molar-refractivity contribution is 5.23. The first-order valence-electron chi connectivity index (χ1n) is 9.83. The van der Waals surface area contributed by atoms with E-state index in [1.54, 1.807) is 5.57 Å². The van der Waals surface area contributed by atoms with Gasteiger partial charge in [-0.2, -0.15) is 0 Å². The summed E-state index contributed by atoms with van der Waals surface area (Å²) in [5.74, 6) is 4.67. The first kappa shape index (κ1) is 15.2. The van der Waals surface area contributed by atoms with Crippen LogP contribution in [0.15, 0.2) is 11.6 Å². The molecule has 0 heterocycles. The number of aliphatic hydroxyl groups is 1. The molecule has 3 unspecified atom stereocenters. The van der Waals surface area contributed by atoms with Gasteiger partial charge in [-0.1, -0.05) is 18.6 Å². The SMILES string of the molecule is C/C=C1\CCC2C3CC[C@@H]4C[C@](C)(O)CC[C@@H]4C3CC[C@]12C. The largest absolute Gasteiger partial charge is 0.390 e. The van der Waals surface area contributed by atoms with E-state index in [2.05, 4.69) is 26.8 Å². The third kappa shape index (κ3) is 2.14. The maximum Gasteiger partial charge on any atom is 0.0622 e. The normalized spacial score (nSPS) is 56.4. The van der Waals surface area contributed by atoms with Gasteiger partial charge in [-0.3, -0.25) is 0 Å². The molecule has 4 rings (SSSR count). The summed E-state index contributed by atoms with van der Waals surface area (Å²) in [5, 5.41) is 10.5. The van der Waals surface area contributed by atoms with Crippen LogP contribution < -0.4 is 0 Å². The molecule has 4 fully saturated rings. The second-order valence-corrected chi connectivity index (χ2v) is 9.48. The van der Waals surface area contributed by atoms with Crippen LogP contribution in [0.1, 0.15) is 78.6 Å². The molecule has 4 aliphatic rings. The van der Waals surface area contributed by atoms with Crippen molar-refractivity contribution in [1.82, 2.24) is 0 Å². The monoisotopic (exact) mass is 302 g/mol. The zero-order chi connectivity index (χ0) is 15.5. The quantitative estimate of drug-likeness (QED) is 0.599. The Hall–Kier alpha value is -0.300. The van der Waals surface area contributed by atoms with E-state index >= 15 is 0 Å². The molecule has 7 atom stereocenters. The second kappa shape index (κ2) is 5.10. The molecule has 4 saturated carbocycles. The van der Waals surface area contributed by atoms with Crippen LogP contribution in [0.3, 0.4) is 0 Å². The van der Waals surface area contributed by atoms with Gasteiger partial charge in [0.25, 0.3) is 0 Å². The number of rotatable bonds is 0. The Morgan fingerprint density at radius 1 is 0.955 bits per heavy atom. The van der Waals surface area contributed by atoms with Crippen molar-refractivity contribution in [2.45, 2.75) is 84.2 Å². The number of fused-ring (bicyclic) bond motifs is 5. The Morgan fingerprint density at radius 3 is 2.50 bits per heavy atom. The van der Waals surface area contributed by atoms with Gasteiger partial charge in [0.15, 0.2) is 0 Å². The van der Waals surface area contributed by atoms with Crippen molar-refractivity contribution >= 4 is 0 Å². The molecule has 0 bridgehead atoms. The standard InChI is InChI=1S/C21H34O/c1-4-15-6-8-19-18-7-5-14-13-20(2,22)11-9-16(14)17(18)10-12-21(15,19)3/h4,14,16-19,22H,5-13H2,1-3H3/b15-4+/t14-,16+,17?,18?,19?,20-,21-/m1/s1. The number of hydrogen-bond acceptors (Lipinski definition) is 1. The first-order valence-corrected chi connectivity index (χ1v) is 9.83. The van der Waals surface area contributed by atoms with Gasteiger partial charge in [0.1, 0.15) is 0 Å². The Bertz CT molecular complexity index is 476. The van der Waals surface area contributed by atoms with Gasteiger partial charge in [-0.15, -0.1) is 0 Å². The maximum absolute atomic E-state index is 10.5. The summed E-state index contributed by atoms with van der Waals surface area (Å²) < 4.78 is 0. The lowest BCUT2D eigenvalue weighted by atomic mass is 9.49. The Labute approximate surface area is 136 Å². The lowest BCUT2D eigenvalue weighted by Crippen LogP contribution is -2.49. The van der Waals surface area contributed by atoms with Gasteiger partial charge >= 0.3 is 0 Å². The van der Waals surface area contributed by atoms with E-state index in [0.717, 1.165) is 42.4 Å². The second-order valence-electron chi connectivity index (χ2n) is 9.48. The summed E-state index contributed by atoms with van der Waals surface area (Å²) >= 11 is 0. The van der Waals surface area contributed by atoms with Gasteiger partial charge < -0.3 is 5.11 Å². The average molecular weight is 303 g/mol. The van der Waals surface area contributed by atoms with Gasteiger partial charge in [0.05, 0.1) is 5.60 Å². The summed E-state index contributed by atoms with van der Waals surface area (Å²) in [6, 6.07) is 0. The Kier molecular flexibility index (Phi) is 3.53. The van der Waals surface area contributed by atoms with Crippen molar-refractivity contribution in [1.29, 1.82) is 0 Å². The molecule has 1 N–H and O–H groups in total. The van der Waals surface area contributed by atoms with Crippen LogP contribution in [-0.2, 0) is 0 Å². The smallest absolute Gasteiger partial charge is 0.0622 e. The van der Waals surface area contributed by atoms with E-state index in [9.17, 15) is 5.11 Å². The molecule has 124 valence electrons. The minimum absolute atomic E-state index is 0.372. The molecule has 0 amide bonds. The molecule has 0 radical (unpaired) electrons. The molecule has 0 spiro atoms. The van der Waals surface area contributed by atoms with E-state index in [0.29, 0.717) is 5.41 Å². The molecular weight excluding hydrogens is 268 g/mol. The summed E-state index contributed by atoms with van der Waals surface area (Å²) in [7, 11) is 0. The van der Waals surface area contributed by atoms with E-state index in [1.807, 2.05) is 0 Å². The minimum Gasteiger partial charge on any atom is -0.390 e. The fraction of sp³-hybridized carbons (Fsp3) is 0.905. The van der Waals surface area contributed by atoms with E-state index in [1.165, 1.54) is 44.9 Å². The molecule has 22 heavy (non-hydrogen) atoms. The van der Waals surface area contributed by atoms with Crippen LogP contribution >= 0.6 is 0 Å². The van der Waals surface area contributed by atoms with Gasteiger partial charge in [-0.05, 0) is 107 Å². The predicted octanol–water partition coefficient (Wildman–Crippen LogP) is 5.34. The third-order valence-corrected chi connectivity index (χ3v) is 8.43. The van der Waals surface area contributed by atoms with Crippen LogP contribution in [0.4, 0.5) is 0 Å². The lowest BCUT2D eigenvalue weighted by Gasteiger charge is -2.56. The molecule has 0 aromatic rings. The van der Waals surface area contributed by atoms with E-state index in [-0.39, 0.29) is 5.60 Å². The zero-order valence-electron chi connectivity index (χ0n) is 14.8. The molecular formula is C21H34O. The zero-order valence-corrected chi connectivity index (χ0v) is 14.8. The van der Waals surface area contributed by atoms with Crippen molar-refractivity contribution in [2.24, 2.45) is 35.0 Å². The average Bonchev–Trinajstić information content (AvgIpc) is 2.82. The van der Waals surface area contributed by atoms with Crippen molar-refractivity contribution in [3.8, 4) is 0 Å². The molecule has 1 heteroatoms. The van der Waals surface area contributed by atoms with Crippen LogP contribution in [0, 0.1) is 35.0 Å². The van der Waals surface area contributed by atoms with Gasteiger partial charge in [0, 0.05) is 0 Å². The van der Waals surface area contributed by atoms with E-state index < -0.39 is 0 Å². The molecule has 1 nitrogen and oxygen atoms in total. The van der Waals surface area contributed by atoms with Gasteiger partial charge in [-0.25, -0.2) is 0 Å². The fourth-order valence-corrected chi connectivity index (χ4v) is 7.40. The van der Waals surface area contributed by atoms with Crippen LogP contribution in [0.25, 0.3) is 0 Å². The third-order valence-electron chi connectivity index (χ3n) is 8.43. The number of allylic oxidation sites excluding steroid dienone is 2. The fourth-order valence-electron chi connectivity index (χ4n) is 7.40. The summed E-state index contributed by atoms with van der Waals surface area (Å²) in [5.41, 5.74) is 1.93. The molecule has 0 aliphatic heterocycles. The number of hydrogen-bond donors (Lipinski definition) is 1. The summed E-state index contributed by atoms with van der Waals surface area (Å²) in [6.07, 6.45) is 14.4. The highest BCUT2D eigenvalue weighted by Crippen LogP contribution is 2.64. The first-order chi connectivity index (χ1) is 10.4. The lowest BCUT2D eigenvalue weighted by molar-refractivity contribution is -0.0899. The van der Waals surface area contributed by atoms with Crippen molar-refractivity contribution in [3.05, 3.63) is 11.6 Å². The summed E-state index contributed by atoms with van der Waals surface area (Å²) in [4.78, 5) is 0. The molecule has 4 aliphatic carbocycles. The van der Waals surface area contributed by atoms with Crippen molar-refractivity contribution < 1.29 is 5.11 Å². The Balaban J connectivity index is 1.57. The van der Waals surface area contributed by atoms with Crippen LogP contribution in [-0.4, -0.2) is 10.7 Å². The van der Waals surface area contributed by atoms with Crippen LogP contribution in [0.5, 0.6) is 0 Å².